The first-order chi connectivity index (χ1) is 21.3. The molecule has 5 rings (SSSR count). The van der Waals surface area contributed by atoms with Gasteiger partial charge < -0.3 is 20.9 Å². The Kier molecular flexibility index (Phi) is 9.84. The van der Waals surface area contributed by atoms with Gasteiger partial charge in [0.25, 0.3) is 11.8 Å². The molecule has 4 aromatic carbocycles. The molecule has 44 heavy (non-hydrogen) atoms. The SMILES string of the molecule is CCC(Sc1cccc(NC(=O)/C(=C/c2c[nH]c3ccccc23)NC(=O)c2ccccc2)c1)C(=O)Nc1cc(Cl)ccc1C. The second-order valence-corrected chi connectivity index (χ2v) is 11.8. The molecule has 0 aliphatic rings. The van der Waals surface area contributed by atoms with Crippen molar-refractivity contribution < 1.29 is 14.4 Å². The zero-order valence-electron chi connectivity index (χ0n) is 24.2. The van der Waals surface area contributed by atoms with Crippen LogP contribution in [0.3, 0.4) is 0 Å². The molecule has 1 heterocycles. The van der Waals surface area contributed by atoms with Gasteiger partial charge in [0.1, 0.15) is 5.70 Å². The lowest BCUT2D eigenvalue weighted by atomic mass is 10.1. The lowest BCUT2D eigenvalue weighted by molar-refractivity contribution is -0.116. The Labute approximate surface area is 265 Å². The minimum absolute atomic E-state index is 0.0874. The topological polar surface area (TPSA) is 103 Å². The van der Waals surface area contributed by atoms with Crippen molar-refractivity contribution in [2.45, 2.75) is 30.4 Å². The maximum Gasteiger partial charge on any atom is 0.272 e. The van der Waals surface area contributed by atoms with Gasteiger partial charge in [-0.1, -0.05) is 67.1 Å². The second-order valence-electron chi connectivity index (χ2n) is 10.1. The molecule has 0 aliphatic heterocycles. The van der Waals surface area contributed by atoms with Gasteiger partial charge in [-0.3, -0.25) is 14.4 Å². The van der Waals surface area contributed by atoms with Crippen molar-refractivity contribution in [2.75, 3.05) is 10.6 Å². The van der Waals surface area contributed by atoms with Crippen LogP contribution in [0.5, 0.6) is 0 Å². The van der Waals surface area contributed by atoms with E-state index in [9.17, 15) is 14.4 Å². The highest BCUT2D eigenvalue weighted by Gasteiger charge is 2.20. The van der Waals surface area contributed by atoms with E-state index in [2.05, 4.69) is 20.9 Å². The third-order valence-corrected chi connectivity index (χ3v) is 8.53. The first kappa shape index (κ1) is 30.7. The maximum atomic E-state index is 13.6. The maximum absolute atomic E-state index is 13.6. The number of H-pyrrole nitrogens is 1. The van der Waals surface area contributed by atoms with Crippen LogP contribution in [0, 0.1) is 6.92 Å². The van der Waals surface area contributed by atoms with E-state index < -0.39 is 11.8 Å². The molecule has 0 saturated heterocycles. The van der Waals surface area contributed by atoms with Crippen LogP contribution in [0.25, 0.3) is 17.0 Å². The minimum Gasteiger partial charge on any atom is -0.361 e. The van der Waals surface area contributed by atoms with Crippen LogP contribution in [0.4, 0.5) is 11.4 Å². The summed E-state index contributed by atoms with van der Waals surface area (Å²) in [5.41, 5.74) is 4.31. The molecule has 4 N–H and O–H groups in total. The summed E-state index contributed by atoms with van der Waals surface area (Å²) in [4.78, 5) is 43.8. The van der Waals surface area contributed by atoms with Gasteiger partial charge in [-0.15, -0.1) is 11.8 Å². The van der Waals surface area contributed by atoms with E-state index in [1.165, 1.54) is 11.8 Å². The first-order valence-corrected chi connectivity index (χ1v) is 15.4. The fraction of sp³-hybridized carbons (Fsp3) is 0.114. The predicted octanol–water partition coefficient (Wildman–Crippen LogP) is 8.05. The lowest BCUT2D eigenvalue weighted by Crippen LogP contribution is -2.30. The summed E-state index contributed by atoms with van der Waals surface area (Å²) in [6, 6.07) is 29.1. The lowest BCUT2D eigenvalue weighted by Gasteiger charge is -2.17. The molecule has 222 valence electrons. The number of aryl methyl sites for hydroxylation is 1. The number of benzene rings is 4. The fourth-order valence-electron chi connectivity index (χ4n) is 4.59. The number of aromatic nitrogens is 1. The number of thioether (sulfide) groups is 1. The third-order valence-electron chi connectivity index (χ3n) is 6.94. The number of hydrogen-bond acceptors (Lipinski definition) is 4. The van der Waals surface area contributed by atoms with Crippen molar-refractivity contribution in [1.29, 1.82) is 0 Å². The molecule has 0 fully saturated rings. The van der Waals surface area contributed by atoms with E-state index in [1.807, 2.05) is 68.4 Å². The standard InChI is InChI=1S/C35H31ClN4O3S/c1-3-32(35(43)39-30-19-25(36)17-16-22(30)2)44-27-13-9-12-26(20-27)38-34(42)31(40-33(41)23-10-5-4-6-11-23)18-24-21-37-29-15-8-7-14-28(24)29/h4-21,32,37H,3H2,1-2H3,(H,38,42)(H,39,43)(H,40,41)/b31-18-. The molecule has 9 heteroatoms. The van der Waals surface area contributed by atoms with Crippen molar-refractivity contribution in [2.24, 2.45) is 0 Å². The Morgan fingerprint density at radius 2 is 1.68 bits per heavy atom. The van der Waals surface area contributed by atoms with E-state index in [0.717, 1.165) is 26.9 Å². The van der Waals surface area contributed by atoms with Crippen LogP contribution in [0.2, 0.25) is 5.02 Å². The van der Waals surface area contributed by atoms with Crippen LogP contribution in [0.1, 0.15) is 34.8 Å². The monoisotopic (exact) mass is 622 g/mol. The molecule has 0 aliphatic carbocycles. The summed E-state index contributed by atoms with van der Waals surface area (Å²) in [5.74, 6) is -1.02. The highest BCUT2D eigenvalue weighted by molar-refractivity contribution is 8.00. The largest absolute Gasteiger partial charge is 0.361 e. The van der Waals surface area contributed by atoms with Gasteiger partial charge in [0.15, 0.2) is 0 Å². The summed E-state index contributed by atoms with van der Waals surface area (Å²) in [5, 5.41) is 9.78. The smallest absolute Gasteiger partial charge is 0.272 e. The normalized spacial score (nSPS) is 12.0. The summed E-state index contributed by atoms with van der Waals surface area (Å²) in [6.07, 6.45) is 4.04. The van der Waals surface area contributed by atoms with Crippen molar-refractivity contribution in [3.05, 3.63) is 131 Å². The van der Waals surface area contributed by atoms with E-state index in [1.54, 1.807) is 54.7 Å². The Hall–Kier alpha value is -4.79. The molecular weight excluding hydrogens is 592 g/mol. The van der Waals surface area contributed by atoms with E-state index in [0.29, 0.717) is 28.4 Å². The van der Waals surface area contributed by atoms with Gasteiger partial charge in [0.2, 0.25) is 5.91 Å². The zero-order chi connectivity index (χ0) is 31.1. The molecular formula is C35H31ClN4O3S. The number of aromatic amines is 1. The molecule has 0 saturated carbocycles. The third kappa shape index (κ3) is 7.58. The van der Waals surface area contributed by atoms with E-state index in [-0.39, 0.29) is 16.9 Å². The molecule has 0 spiro atoms. The van der Waals surface area contributed by atoms with E-state index >= 15 is 0 Å². The van der Waals surface area contributed by atoms with Crippen LogP contribution in [0.15, 0.2) is 114 Å². The summed E-state index contributed by atoms with van der Waals surface area (Å²) in [7, 11) is 0. The molecule has 1 aromatic heterocycles. The average molecular weight is 623 g/mol. The second kappa shape index (κ2) is 14.1. The van der Waals surface area contributed by atoms with Crippen LogP contribution in [-0.2, 0) is 9.59 Å². The van der Waals surface area contributed by atoms with Crippen molar-refractivity contribution in [3.8, 4) is 0 Å². The predicted molar refractivity (Wildman–Crippen MR) is 180 cm³/mol. The van der Waals surface area contributed by atoms with Crippen molar-refractivity contribution in [1.82, 2.24) is 10.3 Å². The Balaban J connectivity index is 1.35. The number of amides is 3. The molecule has 1 unspecified atom stereocenters. The number of carbonyl (C=O) groups is 3. The van der Waals surface area contributed by atoms with Gasteiger partial charge in [-0.05, 0) is 73.5 Å². The number of halogens is 1. The van der Waals surface area contributed by atoms with Crippen LogP contribution >= 0.6 is 23.4 Å². The van der Waals surface area contributed by atoms with Crippen LogP contribution < -0.4 is 16.0 Å². The zero-order valence-corrected chi connectivity index (χ0v) is 25.8. The minimum atomic E-state index is -0.483. The van der Waals surface area contributed by atoms with Gasteiger partial charge in [0.05, 0.1) is 5.25 Å². The van der Waals surface area contributed by atoms with Crippen molar-refractivity contribution >= 4 is 69.4 Å². The summed E-state index contributed by atoms with van der Waals surface area (Å²) < 4.78 is 0. The molecule has 7 nitrogen and oxygen atoms in total. The van der Waals surface area contributed by atoms with Gasteiger partial charge in [-0.2, -0.15) is 0 Å². The van der Waals surface area contributed by atoms with Gasteiger partial charge >= 0.3 is 0 Å². The quantitative estimate of drug-likeness (QED) is 0.0934. The molecule has 0 radical (unpaired) electrons. The Morgan fingerprint density at radius 3 is 2.48 bits per heavy atom. The summed E-state index contributed by atoms with van der Waals surface area (Å²) >= 11 is 7.53. The molecule has 1 atom stereocenters. The Bertz CT molecular complexity index is 1850. The highest BCUT2D eigenvalue weighted by Crippen LogP contribution is 2.30. The fourth-order valence-corrected chi connectivity index (χ4v) is 5.77. The molecule has 3 amide bonds. The number of para-hydroxylation sites is 1. The number of carbonyl (C=O) groups excluding carboxylic acids is 3. The number of hydrogen-bond donors (Lipinski definition) is 4. The summed E-state index contributed by atoms with van der Waals surface area (Å²) in [6.45, 7) is 3.86. The molecule has 0 bridgehead atoms. The highest BCUT2D eigenvalue weighted by atomic mass is 35.5. The number of anilines is 2. The number of fused-ring (bicyclic) bond motifs is 1. The van der Waals surface area contributed by atoms with Gasteiger partial charge in [0, 0.05) is 49.5 Å². The van der Waals surface area contributed by atoms with Crippen molar-refractivity contribution in [3.63, 3.8) is 0 Å². The Morgan fingerprint density at radius 1 is 0.909 bits per heavy atom. The number of rotatable bonds is 10. The van der Waals surface area contributed by atoms with E-state index in [4.69, 9.17) is 11.6 Å². The van der Waals surface area contributed by atoms with Crippen LogP contribution in [-0.4, -0.2) is 28.0 Å². The first-order valence-electron chi connectivity index (χ1n) is 14.1. The average Bonchev–Trinajstić information content (AvgIpc) is 3.44. The molecule has 5 aromatic rings. The number of nitrogens with one attached hydrogen (secondary N) is 4. The van der Waals surface area contributed by atoms with Gasteiger partial charge in [-0.25, -0.2) is 0 Å².